The van der Waals surface area contributed by atoms with Gasteiger partial charge in [-0.05, 0) is 38.7 Å². The Labute approximate surface area is 158 Å². The summed E-state index contributed by atoms with van der Waals surface area (Å²) in [6.07, 6.45) is 0.975. The maximum atomic E-state index is 12.7. The number of nitrogens with zero attached hydrogens (tertiary/aromatic N) is 3. The number of aromatic carboxylic acids is 1. The van der Waals surface area contributed by atoms with E-state index in [2.05, 4.69) is 9.88 Å². The van der Waals surface area contributed by atoms with Gasteiger partial charge in [0.15, 0.2) is 0 Å². The first-order valence-electron chi connectivity index (χ1n) is 8.74. The van der Waals surface area contributed by atoms with Crippen LogP contribution in [0.2, 0.25) is 0 Å². The fourth-order valence-electron chi connectivity index (χ4n) is 3.20. The maximum absolute atomic E-state index is 12.7. The average Bonchev–Trinajstić information content (AvgIpc) is 3.17. The number of ether oxygens (including phenoxy) is 1. The van der Waals surface area contributed by atoms with Crippen molar-refractivity contribution < 1.29 is 19.4 Å². The van der Waals surface area contributed by atoms with Crippen LogP contribution in [0, 0.1) is 0 Å². The van der Waals surface area contributed by atoms with Crippen molar-refractivity contribution in [2.24, 2.45) is 0 Å². The Morgan fingerprint density at radius 2 is 1.89 bits per heavy atom. The Morgan fingerprint density at radius 3 is 2.44 bits per heavy atom. The molecule has 1 aliphatic rings. The summed E-state index contributed by atoms with van der Waals surface area (Å²) in [5.41, 5.74) is 1.92. The fraction of sp³-hybridized carbons (Fsp3) is 0.350. The molecule has 1 amide bonds. The summed E-state index contributed by atoms with van der Waals surface area (Å²) >= 11 is 0. The van der Waals surface area contributed by atoms with Gasteiger partial charge in [-0.25, -0.2) is 9.78 Å². The number of hydrogen-bond acceptors (Lipinski definition) is 5. The number of carboxylic acids is 1. The van der Waals surface area contributed by atoms with Gasteiger partial charge in [0.1, 0.15) is 0 Å². The number of rotatable bonds is 5. The lowest BCUT2D eigenvalue weighted by atomic mass is 10.1. The SMILES string of the molecule is COc1cc(C(=O)O)cc(-c2ccc(C(=O)N3CC[C@H](N(C)C)C3)cc2)n1. The molecular formula is C20H23N3O4. The van der Waals surface area contributed by atoms with Crippen molar-refractivity contribution >= 4 is 11.9 Å². The molecule has 1 fully saturated rings. The molecule has 1 saturated heterocycles. The van der Waals surface area contributed by atoms with Gasteiger partial charge >= 0.3 is 5.97 Å². The van der Waals surface area contributed by atoms with Gasteiger partial charge in [-0.3, -0.25) is 4.79 Å². The maximum Gasteiger partial charge on any atom is 0.335 e. The second kappa shape index (κ2) is 7.75. The zero-order chi connectivity index (χ0) is 19.6. The van der Waals surface area contributed by atoms with Crippen LogP contribution in [0.3, 0.4) is 0 Å². The molecular weight excluding hydrogens is 346 g/mol. The van der Waals surface area contributed by atoms with Gasteiger partial charge < -0.3 is 19.6 Å². The molecule has 0 unspecified atom stereocenters. The smallest absolute Gasteiger partial charge is 0.335 e. The highest BCUT2D eigenvalue weighted by Crippen LogP contribution is 2.24. The Morgan fingerprint density at radius 1 is 1.19 bits per heavy atom. The predicted molar refractivity (Wildman–Crippen MR) is 101 cm³/mol. The number of likely N-dealkylation sites (N-methyl/N-ethyl adjacent to an activating group) is 1. The fourth-order valence-corrected chi connectivity index (χ4v) is 3.20. The summed E-state index contributed by atoms with van der Waals surface area (Å²) in [7, 11) is 5.50. The molecule has 0 spiro atoms. The molecule has 0 bridgehead atoms. The number of carbonyl (C=O) groups is 2. The van der Waals surface area contributed by atoms with E-state index < -0.39 is 5.97 Å². The van der Waals surface area contributed by atoms with E-state index >= 15 is 0 Å². The lowest BCUT2D eigenvalue weighted by Gasteiger charge is -2.20. The van der Waals surface area contributed by atoms with E-state index in [1.807, 2.05) is 19.0 Å². The molecule has 0 aliphatic carbocycles. The van der Waals surface area contributed by atoms with Crippen molar-refractivity contribution in [3.05, 3.63) is 47.5 Å². The van der Waals surface area contributed by atoms with Crippen molar-refractivity contribution in [2.45, 2.75) is 12.5 Å². The monoisotopic (exact) mass is 369 g/mol. The average molecular weight is 369 g/mol. The molecule has 2 heterocycles. The van der Waals surface area contributed by atoms with Crippen LogP contribution in [0.1, 0.15) is 27.1 Å². The van der Waals surface area contributed by atoms with Gasteiger partial charge in [0.25, 0.3) is 5.91 Å². The van der Waals surface area contributed by atoms with Crippen molar-refractivity contribution in [3.8, 4) is 17.1 Å². The zero-order valence-corrected chi connectivity index (χ0v) is 15.7. The Kier molecular flexibility index (Phi) is 5.41. The number of benzene rings is 1. The summed E-state index contributed by atoms with van der Waals surface area (Å²) < 4.78 is 5.09. The molecule has 1 N–H and O–H groups in total. The third kappa shape index (κ3) is 4.09. The van der Waals surface area contributed by atoms with Crippen molar-refractivity contribution in [3.63, 3.8) is 0 Å². The van der Waals surface area contributed by atoms with Gasteiger partial charge in [-0.1, -0.05) is 12.1 Å². The highest BCUT2D eigenvalue weighted by Gasteiger charge is 2.28. The molecule has 142 valence electrons. The Hall–Kier alpha value is -2.93. The number of carboxylic acid groups (broad SMARTS) is 1. The van der Waals surface area contributed by atoms with Crippen molar-refractivity contribution in [1.82, 2.24) is 14.8 Å². The van der Waals surface area contributed by atoms with Crippen LogP contribution in [-0.4, -0.2) is 72.1 Å². The topological polar surface area (TPSA) is 83.0 Å². The molecule has 27 heavy (non-hydrogen) atoms. The van der Waals surface area contributed by atoms with Gasteiger partial charge in [-0.15, -0.1) is 0 Å². The summed E-state index contributed by atoms with van der Waals surface area (Å²) in [5.74, 6) is -0.805. The Balaban J connectivity index is 1.81. The van der Waals surface area contributed by atoms with Crippen LogP contribution in [-0.2, 0) is 0 Å². The number of aromatic nitrogens is 1. The first-order valence-corrected chi connectivity index (χ1v) is 8.74. The number of carbonyl (C=O) groups excluding carboxylic acids is 1. The van der Waals surface area contributed by atoms with Gasteiger partial charge in [0.05, 0.1) is 18.4 Å². The van der Waals surface area contributed by atoms with Gasteiger partial charge in [-0.2, -0.15) is 0 Å². The second-order valence-corrected chi connectivity index (χ2v) is 6.82. The van der Waals surface area contributed by atoms with Crippen LogP contribution >= 0.6 is 0 Å². The molecule has 0 radical (unpaired) electrons. The molecule has 7 heteroatoms. The summed E-state index contributed by atoms with van der Waals surface area (Å²) in [6.45, 7) is 1.48. The van der Waals surface area contributed by atoms with Gasteiger partial charge in [0.2, 0.25) is 5.88 Å². The quantitative estimate of drug-likeness (QED) is 0.870. The summed E-state index contributed by atoms with van der Waals surface area (Å²) in [4.78, 5) is 32.3. The van der Waals surface area contributed by atoms with Gasteiger partial charge in [0, 0.05) is 36.3 Å². The number of pyridine rings is 1. The second-order valence-electron chi connectivity index (χ2n) is 6.82. The minimum atomic E-state index is -1.05. The molecule has 0 saturated carbocycles. The van der Waals surface area contributed by atoms with E-state index in [0.29, 0.717) is 17.3 Å². The van der Waals surface area contributed by atoms with Crippen LogP contribution in [0.25, 0.3) is 11.3 Å². The molecule has 1 aromatic carbocycles. The minimum Gasteiger partial charge on any atom is -0.481 e. The first kappa shape index (κ1) is 18.8. The molecule has 3 rings (SSSR count). The standard InChI is InChI=1S/C20H23N3O4/c1-22(2)16-8-9-23(12-16)19(24)14-6-4-13(5-7-14)17-10-15(20(25)26)11-18(21-17)27-3/h4-7,10-11,16H,8-9,12H2,1-3H3,(H,25,26)/t16-/m0/s1. The third-order valence-electron chi connectivity index (χ3n) is 4.87. The molecule has 1 atom stereocenters. The Bertz CT molecular complexity index is 849. The van der Waals surface area contributed by atoms with E-state index in [1.165, 1.54) is 19.2 Å². The molecule has 2 aromatic rings. The van der Waals surface area contributed by atoms with Crippen molar-refractivity contribution in [1.29, 1.82) is 0 Å². The number of methoxy groups -OCH3 is 1. The van der Waals surface area contributed by atoms with E-state index in [-0.39, 0.29) is 17.4 Å². The van der Waals surface area contributed by atoms with E-state index in [9.17, 15) is 14.7 Å². The zero-order valence-electron chi connectivity index (χ0n) is 15.7. The van der Waals surface area contributed by atoms with E-state index in [0.717, 1.165) is 25.1 Å². The molecule has 7 nitrogen and oxygen atoms in total. The number of hydrogen-bond donors (Lipinski definition) is 1. The normalized spacial score (nSPS) is 16.6. The summed E-state index contributed by atoms with van der Waals surface area (Å²) in [6, 6.07) is 10.3. The predicted octanol–water partition coefficient (Wildman–Crippen LogP) is 2.23. The summed E-state index contributed by atoms with van der Waals surface area (Å²) in [5, 5.41) is 9.24. The van der Waals surface area contributed by atoms with E-state index in [1.54, 1.807) is 24.3 Å². The van der Waals surface area contributed by atoms with Crippen LogP contribution < -0.4 is 4.74 Å². The van der Waals surface area contributed by atoms with Crippen LogP contribution in [0.15, 0.2) is 36.4 Å². The number of amides is 1. The highest BCUT2D eigenvalue weighted by molar-refractivity contribution is 5.95. The van der Waals surface area contributed by atoms with Crippen molar-refractivity contribution in [2.75, 3.05) is 34.3 Å². The lowest BCUT2D eigenvalue weighted by molar-refractivity contribution is 0.0695. The van der Waals surface area contributed by atoms with Crippen LogP contribution in [0.4, 0.5) is 0 Å². The lowest BCUT2D eigenvalue weighted by Crippen LogP contribution is -2.34. The largest absolute Gasteiger partial charge is 0.481 e. The molecule has 1 aromatic heterocycles. The first-order chi connectivity index (χ1) is 12.9. The highest BCUT2D eigenvalue weighted by atomic mass is 16.5. The van der Waals surface area contributed by atoms with Crippen LogP contribution in [0.5, 0.6) is 5.88 Å². The minimum absolute atomic E-state index is 0.00993. The number of likely N-dealkylation sites (tertiary alicyclic amines) is 1. The third-order valence-corrected chi connectivity index (χ3v) is 4.87. The van der Waals surface area contributed by atoms with E-state index in [4.69, 9.17) is 4.74 Å². The molecule has 1 aliphatic heterocycles.